The van der Waals surface area contributed by atoms with Crippen molar-refractivity contribution < 1.29 is 9.30 Å². The van der Waals surface area contributed by atoms with Crippen molar-refractivity contribution >= 4 is 0 Å². The predicted octanol–water partition coefficient (Wildman–Crippen LogP) is 3.06. The molecule has 16 heavy (non-hydrogen) atoms. The molecule has 90 valence electrons. The quantitative estimate of drug-likeness (QED) is 0.532. The maximum atomic E-state index is 5.63. The number of ether oxygens (including phenoxy) is 1. The number of unbranched alkanes of at least 4 members (excludes halogenated alkanes) is 2. The van der Waals surface area contributed by atoms with Crippen molar-refractivity contribution in [3.63, 3.8) is 0 Å². The Morgan fingerprint density at radius 2 is 1.69 bits per heavy atom. The SMILES string of the molecule is CCCCCOC[n+]1cc(C)c(C)c(C)c1. The molecule has 0 bridgehead atoms. The van der Waals surface area contributed by atoms with E-state index in [0.29, 0.717) is 6.73 Å². The van der Waals surface area contributed by atoms with Gasteiger partial charge in [0.05, 0.1) is 6.61 Å². The molecule has 1 heterocycles. The molecule has 0 amide bonds. The molecule has 0 radical (unpaired) electrons. The zero-order chi connectivity index (χ0) is 12.0. The number of aromatic nitrogens is 1. The van der Waals surface area contributed by atoms with Gasteiger partial charge in [-0.05, 0) is 32.8 Å². The molecular formula is C14H24NO+. The summed E-state index contributed by atoms with van der Waals surface area (Å²) in [5, 5.41) is 0. The van der Waals surface area contributed by atoms with Crippen molar-refractivity contribution in [2.24, 2.45) is 0 Å². The Morgan fingerprint density at radius 3 is 2.25 bits per heavy atom. The molecule has 0 spiro atoms. The molecule has 0 saturated carbocycles. The van der Waals surface area contributed by atoms with Crippen molar-refractivity contribution in [3.05, 3.63) is 29.1 Å². The highest BCUT2D eigenvalue weighted by Crippen LogP contribution is 2.07. The van der Waals surface area contributed by atoms with Crippen LogP contribution in [0.25, 0.3) is 0 Å². The number of rotatable bonds is 6. The summed E-state index contributed by atoms with van der Waals surface area (Å²) in [6, 6.07) is 0. The summed E-state index contributed by atoms with van der Waals surface area (Å²) in [5.41, 5.74) is 4.04. The highest BCUT2D eigenvalue weighted by atomic mass is 16.5. The van der Waals surface area contributed by atoms with Crippen LogP contribution in [0.4, 0.5) is 0 Å². The van der Waals surface area contributed by atoms with Crippen LogP contribution in [0.15, 0.2) is 12.4 Å². The molecule has 0 aromatic carbocycles. The molecule has 0 saturated heterocycles. The first-order chi connectivity index (χ1) is 7.65. The van der Waals surface area contributed by atoms with Crippen LogP contribution in [0.3, 0.4) is 0 Å². The molecule has 1 rings (SSSR count). The first-order valence-corrected chi connectivity index (χ1v) is 6.19. The summed E-state index contributed by atoms with van der Waals surface area (Å²) in [7, 11) is 0. The number of pyridine rings is 1. The normalized spacial score (nSPS) is 10.8. The molecule has 0 atom stereocenters. The van der Waals surface area contributed by atoms with Crippen LogP contribution >= 0.6 is 0 Å². The maximum Gasteiger partial charge on any atom is 0.252 e. The molecule has 0 unspecified atom stereocenters. The number of nitrogens with zero attached hydrogens (tertiary/aromatic N) is 1. The van der Waals surface area contributed by atoms with Crippen LogP contribution in [0, 0.1) is 20.8 Å². The first kappa shape index (κ1) is 13.2. The van der Waals surface area contributed by atoms with Gasteiger partial charge in [-0.15, -0.1) is 0 Å². The van der Waals surface area contributed by atoms with Gasteiger partial charge in [0.15, 0.2) is 12.4 Å². The van der Waals surface area contributed by atoms with Crippen molar-refractivity contribution in [1.29, 1.82) is 0 Å². The molecule has 2 heteroatoms. The fourth-order valence-corrected chi connectivity index (χ4v) is 1.74. The van der Waals surface area contributed by atoms with E-state index in [0.717, 1.165) is 6.61 Å². The van der Waals surface area contributed by atoms with Gasteiger partial charge in [0.2, 0.25) is 0 Å². The predicted molar refractivity (Wildman–Crippen MR) is 66.3 cm³/mol. The largest absolute Gasteiger partial charge is 0.323 e. The monoisotopic (exact) mass is 222 g/mol. The van der Waals surface area contributed by atoms with Gasteiger partial charge in [0, 0.05) is 11.1 Å². The van der Waals surface area contributed by atoms with E-state index < -0.39 is 0 Å². The lowest BCUT2D eigenvalue weighted by Gasteiger charge is -2.04. The van der Waals surface area contributed by atoms with Crippen LogP contribution in [0.1, 0.15) is 42.9 Å². The van der Waals surface area contributed by atoms with Crippen LogP contribution in [0.2, 0.25) is 0 Å². The smallest absolute Gasteiger partial charge is 0.252 e. The fraction of sp³-hybridized carbons (Fsp3) is 0.643. The van der Waals surface area contributed by atoms with Gasteiger partial charge in [-0.1, -0.05) is 19.8 Å². The van der Waals surface area contributed by atoms with E-state index in [1.54, 1.807) is 0 Å². The van der Waals surface area contributed by atoms with Crippen LogP contribution in [-0.2, 0) is 11.5 Å². The Balaban J connectivity index is 2.43. The Kier molecular flexibility index (Phi) is 5.47. The number of hydrogen-bond donors (Lipinski definition) is 0. The molecule has 0 aliphatic carbocycles. The van der Waals surface area contributed by atoms with Crippen molar-refractivity contribution in [2.75, 3.05) is 6.61 Å². The van der Waals surface area contributed by atoms with Crippen molar-refractivity contribution in [1.82, 2.24) is 0 Å². The molecule has 2 nitrogen and oxygen atoms in total. The Labute approximate surface area is 99.3 Å². The third kappa shape index (κ3) is 3.93. The standard InChI is InChI=1S/C14H24NO/c1-5-6-7-8-16-11-15-9-12(2)14(4)13(3)10-15/h9-10H,5-8,11H2,1-4H3/q+1. The van der Waals surface area contributed by atoms with E-state index in [1.165, 1.54) is 36.0 Å². The van der Waals surface area contributed by atoms with E-state index in [-0.39, 0.29) is 0 Å². The van der Waals surface area contributed by atoms with Crippen molar-refractivity contribution in [3.8, 4) is 0 Å². The van der Waals surface area contributed by atoms with E-state index >= 15 is 0 Å². The molecule has 0 aliphatic rings. The molecule has 0 aliphatic heterocycles. The summed E-state index contributed by atoms with van der Waals surface area (Å²) in [5.74, 6) is 0. The summed E-state index contributed by atoms with van der Waals surface area (Å²) in [6.45, 7) is 10.2. The summed E-state index contributed by atoms with van der Waals surface area (Å²) >= 11 is 0. The van der Waals surface area contributed by atoms with Gasteiger partial charge in [0.1, 0.15) is 0 Å². The van der Waals surface area contributed by atoms with Gasteiger partial charge in [-0.2, -0.15) is 4.57 Å². The van der Waals surface area contributed by atoms with Gasteiger partial charge >= 0.3 is 0 Å². The summed E-state index contributed by atoms with van der Waals surface area (Å²) in [6.07, 6.45) is 7.99. The third-order valence-electron chi connectivity index (χ3n) is 3.03. The van der Waals surface area contributed by atoms with Crippen molar-refractivity contribution in [2.45, 2.75) is 53.7 Å². The minimum Gasteiger partial charge on any atom is -0.323 e. The topological polar surface area (TPSA) is 13.1 Å². The van der Waals surface area contributed by atoms with E-state index in [4.69, 9.17) is 4.74 Å². The summed E-state index contributed by atoms with van der Waals surface area (Å²) < 4.78 is 7.76. The first-order valence-electron chi connectivity index (χ1n) is 6.19. The Bertz CT molecular complexity index is 311. The van der Waals surface area contributed by atoms with E-state index in [1.807, 2.05) is 0 Å². The second kappa shape index (κ2) is 6.64. The van der Waals surface area contributed by atoms with Crippen LogP contribution in [-0.4, -0.2) is 6.61 Å². The third-order valence-corrected chi connectivity index (χ3v) is 3.03. The molecule has 1 aromatic rings. The molecule has 0 N–H and O–H groups in total. The molecule has 0 fully saturated rings. The second-order valence-corrected chi connectivity index (χ2v) is 4.51. The molecular weight excluding hydrogens is 198 g/mol. The molecule has 1 aromatic heterocycles. The average molecular weight is 222 g/mol. The summed E-state index contributed by atoms with van der Waals surface area (Å²) in [4.78, 5) is 0. The van der Waals surface area contributed by atoms with E-state index in [2.05, 4.69) is 44.7 Å². The number of aryl methyl sites for hydroxylation is 2. The zero-order valence-corrected chi connectivity index (χ0v) is 11.0. The minimum absolute atomic E-state index is 0.672. The maximum absolute atomic E-state index is 5.63. The van der Waals surface area contributed by atoms with Gasteiger partial charge in [-0.3, -0.25) is 0 Å². The average Bonchev–Trinajstić information content (AvgIpc) is 2.25. The number of hydrogen-bond acceptors (Lipinski definition) is 1. The Morgan fingerprint density at radius 1 is 1.06 bits per heavy atom. The highest BCUT2D eigenvalue weighted by Gasteiger charge is 2.06. The Hall–Kier alpha value is -0.890. The van der Waals surface area contributed by atoms with Gasteiger partial charge in [0.25, 0.3) is 6.73 Å². The lowest BCUT2D eigenvalue weighted by Crippen LogP contribution is -2.35. The van der Waals surface area contributed by atoms with Gasteiger partial charge < -0.3 is 4.74 Å². The van der Waals surface area contributed by atoms with Gasteiger partial charge in [-0.25, -0.2) is 0 Å². The lowest BCUT2D eigenvalue weighted by atomic mass is 10.1. The fourth-order valence-electron chi connectivity index (χ4n) is 1.74. The zero-order valence-electron chi connectivity index (χ0n) is 11.0. The van der Waals surface area contributed by atoms with E-state index in [9.17, 15) is 0 Å². The lowest BCUT2D eigenvalue weighted by molar-refractivity contribution is -0.733. The second-order valence-electron chi connectivity index (χ2n) is 4.51. The minimum atomic E-state index is 0.672. The van der Waals surface area contributed by atoms with Crippen LogP contribution in [0.5, 0.6) is 0 Å². The highest BCUT2D eigenvalue weighted by molar-refractivity contribution is 5.25. The van der Waals surface area contributed by atoms with Crippen LogP contribution < -0.4 is 4.57 Å².